The fraction of sp³-hybridized carbons (Fsp3) is 0.118. The van der Waals surface area contributed by atoms with Crippen LogP contribution in [0.15, 0.2) is 54.6 Å². The number of hydrogen-bond donors (Lipinski definition) is 3. The highest BCUT2D eigenvalue weighted by molar-refractivity contribution is 5.97. The highest BCUT2D eigenvalue weighted by Gasteiger charge is 2.23. The zero-order valence-corrected chi connectivity index (χ0v) is 12.1. The van der Waals surface area contributed by atoms with Crippen LogP contribution in [0.2, 0.25) is 0 Å². The Morgan fingerprint density at radius 3 is 1.96 bits per heavy atom. The zero-order valence-electron chi connectivity index (χ0n) is 12.1. The van der Waals surface area contributed by atoms with Gasteiger partial charge in [0.15, 0.2) is 0 Å². The summed E-state index contributed by atoms with van der Waals surface area (Å²) < 4.78 is 0. The van der Waals surface area contributed by atoms with Gasteiger partial charge >= 0.3 is 11.9 Å². The molecule has 1 atom stereocenters. The molecule has 0 aliphatic heterocycles. The molecule has 1 amide bonds. The second-order valence-electron chi connectivity index (χ2n) is 4.91. The number of carbonyl (C=O) groups excluding carboxylic acids is 1. The maximum atomic E-state index is 12.0. The highest BCUT2D eigenvalue weighted by atomic mass is 16.4. The van der Waals surface area contributed by atoms with E-state index in [1.165, 1.54) is 0 Å². The van der Waals surface area contributed by atoms with Crippen LogP contribution in [0, 0.1) is 0 Å². The first-order valence-electron chi connectivity index (χ1n) is 6.88. The average Bonchev–Trinajstić information content (AvgIpc) is 2.54. The number of carboxylic acids is 2. The topological polar surface area (TPSA) is 104 Å². The number of aliphatic carboxylic acids is 2. The number of carbonyl (C=O) groups is 3. The van der Waals surface area contributed by atoms with E-state index in [0.717, 1.165) is 11.1 Å². The van der Waals surface area contributed by atoms with Gasteiger partial charge in [-0.3, -0.25) is 9.59 Å². The molecule has 3 N–H and O–H groups in total. The molecule has 0 radical (unpaired) electrons. The normalized spacial score (nSPS) is 11.5. The summed E-state index contributed by atoms with van der Waals surface area (Å²) in [6.45, 7) is 0. The van der Waals surface area contributed by atoms with Gasteiger partial charge in [0.25, 0.3) is 5.91 Å². The number of benzene rings is 2. The highest BCUT2D eigenvalue weighted by Crippen LogP contribution is 2.19. The largest absolute Gasteiger partial charge is 0.481 e. The number of hydrogen-bond acceptors (Lipinski definition) is 3. The predicted octanol–water partition coefficient (Wildman–Crippen LogP) is 2.01. The van der Waals surface area contributed by atoms with Gasteiger partial charge in [-0.2, -0.15) is 0 Å². The summed E-state index contributed by atoms with van der Waals surface area (Å²) in [5.74, 6) is -3.31. The van der Waals surface area contributed by atoms with Crippen molar-refractivity contribution in [1.29, 1.82) is 0 Å². The van der Waals surface area contributed by atoms with E-state index in [2.05, 4.69) is 5.32 Å². The molecule has 118 valence electrons. The molecule has 0 saturated heterocycles. The maximum absolute atomic E-state index is 12.0. The zero-order chi connectivity index (χ0) is 16.8. The van der Waals surface area contributed by atoms with Crippen LogP contribution in [0.5, 0.6) is 0 Å². The molecule has 6 heteroatoms. The number of nitrogens with one attached hydrogen (secondary N) is 1. The third kappa shape index (κ3) is 4.41. The first kappa shape index (κ1) is 16.2. The smallest absolute Gasteiger partial charge is 0.326 e. The van der Waals surface area contributed by atoms with E-state index in [1.54, 1.807) is 24.3 Å². The predicted molar refractivity (Wildman–Crippen MR) is 83.0 cm³/mol. The van der Waals surface area contributed by atoms with Crippen LogP contribution in [-0.2, 0) is 9.59 Å². The van der Waals surface area contributed by atoms with E-state index in [4.69, 9.17) is 10.2 Å². The molecule has 0 fully saturated rings. The molecule has 0 heterocycles. The van der Waals surface area contributed by atoms with E-state index < -0.39 is 30.3 Å². The molecule has 0 aliphatic carbocycles. The molecule has 0 aromatic heterocycles. The summed E-state index contributed by atoms with van der Waals surface area (Å²) in [5, 5.41) is 19.8. The molecule has 0 saturated carbocycles. The van der Waals surface area contributed by atoms with Gasteiger partial charge in [0.1, 0.15) is 6.04 Å². The molecule has 0 aliphatic rings. The van der Waals surface area contributed by atoms with Crippen molar-refractivity contribution in [2.45, 2.75) is 12.5 Å². The summed E-state index contributed by atoms with van der Waals surface area (Å²) in [6, 6.07) is 14.7. The molecular weight excluding hydrogens is 298 g/mol. The molecule has 2 aromatic rings. The van der Waals surface area contributed by atoms with Gasteiger partial charge in [0, 0.05) is 5.56 Å². The van der Waals surface area contributed by atoms with E-state index in [-0.39, 0.29) is 5.56 Å². The lowest BCUT2D eigenvalue weighted by atomic mass is 10.0. The SMILES string of the molecule is O=C(O)C[C@H](NC(=O)c1ccc(-c2ccccc2)cc1)C(=O)O. The second-order valence-corrected chi connectivity index (χ2v) is 4.91. The number of amides is 1. The Morgan fingerprint density at radius 1 is 0.870 bits per heavy atom. The minimum atomic E-state index is -1.46. The maximum Gasteiger partial charge on any atom is 0.326 e. The fourth-order valence-electron chi connectivity index (χ4n) is 2.06. The van der Waals surface area contributed by atoms with Crippen LogP contribution in [0.3, 0.4) is 0 Å². The van der Waals surface area contributed by atoms with Crippen molar-refractivity contribution in [3.63, 3.8) is 0 Å². The lowest BCUT2D eigenvalue weighted by Crippen LogP contribution is -2.42. The molecule has 6 nitrogen and oxygen atoms in total. The average molecular weight is 313 g/mol. The Labute approximate surface area is 132 Å². The summed E-state index contributed by atoms with van der Waals surface area (Å²) in [7, 11) is 0. The van der Waals surface area contributed by atoms with Gasteiger partial charge in [0.2, 0.25) is 0 Å². The quantitative estimate of drug-likeness (QED) is 0.757. The fourth-order valence-corrected chi connectivity index (χ4v) is 2.06. The summed E-state index contributed by atoms with van der Waals surface area (Å²) in [5.41, 5.74) is 2.18. The minimum absolute atomic E-state index is 0.265. The van der Waals surface area contributed by atoms with Gasteiger partial charge in [0.05, 0.1) is 6.42 Å². The van der Waals surface area contributed by atoms with Crippen LogP contribution < -0.4 is 5.32 Å². The minimum Gasteiger partial charge on any atom is -0.481 e. The Kier molecular flexibility index (Phi) is 5.09. The summed E-state index contributed by atoms with van der Waals surface area (Å²) in [4.78, 5) is 33.6. The molecular formula is C17H15NO5. The van der Waals surface area contributed by atoms with Crippen LogP contribution >= 0.6 is 0 Å². The Morgan fingerprint density at radius 2 is 1.43 bits per heavy atom. The monoisotopic (exact) mass is 313 g/mol. The first-order chi connectivity index (χ1) is 11.0. The molecule has 2 rings (SSSR count). The molecule has 0 unspecified atom stereocenters. The molecule has 0 bridgehead atoms. The van der Waals surface area contributed by atoms with E-state index >= 15 is 0 Å². The van der Waals surface area contributed by atoms with Crippen LogP contribution in [0.4, 0.5) is 0 Å². The Balaban J connectivity index is 2.11. The standard InChI is InChI=1S/C17H15NO5/c19-15(20)10-14(17(22)23)18-16(21)13-8-6-12(7-9-13)11-4-2-1-3-5-11/h1-9,14H,10H2,(H,18,21)(H,19,20)(H,22,23)/t14-/m0/s1. The first-order valence-corrected chi connectivity index (χ1v) is 6.88. The third-order valence-electron chi connectivity index (χ3n) is 3.24. The van der Waals surface area contributed by atoms with Gasteiger partial charge in [-0.25, -0.2) is 4.79 Å². The van der Waals surface area contributed by atoms with Gasteiger partial charge < -0.3 is 15.5 Å². The number of rotatable bonds is 6. The van der Waals surface area contributed by atoms with Crippen molar-refractivity contribution in [3.05, 3.63) is 60.2 Å². The molecule has 0 spiro atoms. The van der Waals surface area contributed by atoms with Gasteiger partial charge in [-0.1, -0.05) is 42.5 Å². The van der Waals surface area contributed by atoms with Crippen LogP contribution in [-0.4, -0.2) is 34.1 Å². The Hall–Kier alpha value is -3.15. The van der Waals surface area contributed by atoms with E-state index in [9.17, 15) is 14.4 Å². The molecule has 2 aromatic carbocycles. The van der Waals surface area contributed by atoms with E-state index in [1.807, 2.05) is 30.3 Å². The van der Waals surface area contributed by atoms with Crippen LogP contribution in [0.25, 0.3) is 11.1 Å². The van der Waals surface area contributed by atoms with Gasteiger partial charge in [-0.05, 0) is 23.3 Å². The van der Waals surface area contributed by atoms with Crippen LogP contribution in [0.1, 0.15) is 16.8 Å². The van der Waals surface area contributed by atoms with Crippen molar-refractivity contribution >= 4 is 17.8 Å². The second kappa shape index (κ2) is 7.22. The van der Waals surface area contributed by atoms with Crippen molar-refractivity contribution < 1.29 is 24.6 Å². The summed E-state index contributed by atoms with van der Waals surface area (Å²) in [6.07, 6.45) is -0.677. The third-order valence-corrected chi connectivity index (χ3v) is 3.24. The van der Waals surface area contributed by atoms with E-state index in [0.29, 0.717) is 0 Å². The van der Waals surface area contributed by atoms with Gasteiger partial charge in [-0.15, -0.1) is 0 Å². The van der Waals surface area contributed by atoms with Crippen molar-refractivity contribution in [3.8, 4) is 11.1 Å². The lowest BCUT2D eigenvalue weighted by molar-refractivity contribution is -0.145. The van der Waals surface area contributed by atoms with Crippen molar-refractivity contribution in [2.24, 2.45) is 0 Å². The summed E-state index contributed by atoms with van der Waals surface area (Å²) >= 11 is 0. The van der Waals surface area contributed by atoms with Crippen molar-refractivity contribution in [2.75, 3.05) is 0 Å². The Bertz CT molecular complexity index is 710. The number of carboxylic acid groups (broad SMARTS) is 2. The van der Waals surface area contributed by atoms with Crippen molar-refractivity contribution in [1.82, 2.24) is 5.32 Å². The molecule has 23 heavy (non-hydrogen) atoms. The lowest BCUT2D eigenvalue weighted by Gasteiger charge is -2.12.